The highest BCUT2D eigenvalue weighted by atomic mass is 15.0. The van der Waals surface area contributed by atoms with Crippen LogP contribution in [0.25, 0.3) is 121 Å². The fourth-order valence-corrected chi connectivity index (χ4v) is 9.46. The molecule has 0 unspecified atom stereocenters. The molecule has 0 spiro atoms. The van der Waals surface area contributed by atoms with Crippen LogP contribution in [0.5, 0.6) is 0 Å². The number of hydrogen-bond acceptors (Lipinski definition) is 3. The molecule has 0 bridgehead atoms. The summed E-state index contributed by atoms with van der Waals surface area (Å²) >= 11 is 0. The van der Waals surface area contributed by atoms with E-state index in [4.69, 9.17) is 15.0 Å². The van der Waals surface area contributed by atoms with Gasteiger partial charge in [-0.2, -0.15) is 0 Å². The molecule has 62 heavy (non-hydrogen) atoms. The lowest BCUT2D eigenvalue weighted by molar-refractivity contribution is 1.08. The van der Waals surface area contributed by atoms with Crippen molar-refractivity contribution in [3.05, 3.63) is 224 Å². The minimum Gasteiger partial charge on any atom is -0.208 e. The monoisotopic (exact) mass is 787 g/mol. The maximum absolute atomic E-state index is 5.47. The van der Waals surface area contributed by atoms with Crippen molar-refractivity contribution in [2.45, 2.75) is 0 Å². The number of benzene rings is 11. The van der Waals surface area contributed by atoms with Crippen molar-refractivity contribution < 1.29 is 0 Å². The SMILES string of the molecule is c1ccc(-c2ccc(-c3nc(-c4ccccc4-c4ccccc4)nc(-c4c5ccccc5c(-c5c6ccccc6cc6c5ccc5ccccc56)c5ccccc45)n3)cc2)cc1. The average molecular weight is 788 g/mol. The summed E-state index contributed by atoms with van der Waals surface area (Å²) in [4.78, 5) is 16.2. The van der Waals surface area contributed by atoms with E-state index in [9.17, 15) is 0 Å². The summed E-state index contributed by atoms with van der Waals surface area (Å²) in [6.07, 6.45) is 0. The van der Waals surface area contributed by atoms with Gasteiger partial charge in [-0.25, -0.2) is 15.0 Å². The molecule has 0 fully saturated rings. The summed E-state index contributed by atoms with van der Waals surface area (Å²) in [6, 6.07) is 80.0. The third-order valence-electron chi connectivity index (χ3n) is 12.3. The largest absolute Gasteiger partial charge is 0.208 e. The molecule has 0 N–H and O–H groups in total. The zero-order valence-corrected chi connectivity index (χ0v) is 33.7. The number of rotatable bonds is 6. The Bertz CT molecular complexity index is 3610. The summed E-state index contributed by atoms with van der Waals surface area (Å²) in [5.41, 5.74) is 9.77. The lowest BCUT2D eigenvalue weighted by Gasteiger charge is -2.20. The average Bonchev–Trinajstić information content (AvgIpc) is 3.35. The van der Waals surface area contributed by atoms with Gasteiger partial charge in [0.15, 0.2) is 17.5 Å². The quantitative estimate of drug-likeness (QED) is 0.124. The topological polar surface area (TPSA) is 38.7 Å². The molecule has 1 aromatic heterocycles. The number of hydrogen-bond donors (Lipinski definition) is 0. The molecule has 0 saturated carbocycles. The van der Waals surface area contributed by atoms with Gasteiger partial charge in [0.25, 0.3) is 0 Å². The Hall–Kier alpha value is -8.27. The third kappa shape index (κ3) is 5.94. The first kappa shape index (κ1) is 35.7. The van der Waals surface area contributed by atoms with Gasteiger partial charge in [0.2, 0.25) is 0 Å². The second-order valence-corrected chi connectivity index (χ2v) is 15.9. The van der Waals surface area contributed by atoms with E-state index < -0.39 is 0 Å². The summed E-state index contributed by atoms with van der Waals surface area (Å²) < 4.78 is 0. The smallest absolute Gasteiger partial charge is 0.165 e. The van der Waals surface area contributed by atoms with Crippen molar-refractivity contribution in [3.63, 3.8) is 0 Å². The zero-order valence-electron chi connectivity index (χ0n) is 33.7. The third-order valence-corrected chi connectivity index (χ3v) is 12.3. The molecule has 3 heteroatoms. The van der Waals surface area contributed by atoms with Crippen LogP contribution >= 0.6 is 0 Å². The fraction of sp³-hybridized carbons (Fsp3) is 0. The van der Waals surface area contributed by atoms with Gasteiger partial charge in [-0.3, -0.25) is 0 Å². The van der Waals surface area contributed by atoms with E-state index in [1.54, 1.807) is 0 Å². The molecule has 11 aromatic carbocycles. The van der Waals surface area contributed by atoms with E-state index in [0.717, 1.165) is 60.5 Å². The van der Waals surface area contributed by atoms with Gasteiger partial charge in [0.05, 0.1) is 0 Å². The molecule has 0 atom stereocenters. The Morgan fingerprint density at radius 1 is 0.210 bits per heavy atom. The normalized spacial score (nSPS) is 11.5. The Morgan fingerprint density at radius 3 is 1.32 bits per heavy atom. The molecule has 0 radical (unpaired) electrons. The first-order valence-electron chi connectivity index (χ1n) is 21.1. The summed E-state index contributed by atoms with van der Waals surface area (Å²) in [5.74, 6) is 1.88. The van der Waals surface area contributed by atoms with Crippen molar-refractivity contribution in [1.29, 1.82) is 0 Å². The van der Waals surface area contributed by atoms with Crippen LogP contribution in [-0.4, -0.2) is 15.0 Å². The highest BCUT2D eigenvalue weighted by Crippen LogP contribution is 2.48. The van der Waals surface area contributed by atoms with Gasteiger partial charge in [-0.1, -0.05) is 218 Å². The molecular formula is C59H37N3. The lowest BCUT2D eigenvalue weighted by Crippen LogP contribution is -2.02. The van der Waals surface area contributed by atoms with E-state index in [1.165, 1.54) is 43.4 Å². The van der Waals surface area contributed by atoms with Crippen molar-refractivity contribution in [2.24, 2.45) is 0 Å². The van der Waals surface area contributed by atoms with E-state index in [2.05, 4.69) is 212 Å². The minimum atomic E-state index is 0.622. The molecule has 0 aliphatic heterocycles. The first-order chi connectivity index (χ1) is 30.8. The maximum Gasteiger partial charge on any atom is 0.165 e. The van der Waals surface area contributed by atoms with Crippen molar-refractivity contribution in [2.75, 3.05) is 0 Å². The fourth-order valence-electron chi connectivity index (χ4n) is 9.46. The van der Waals surface area contributed by atoms with Crippen LogP contribution in [0.3, 0.4) is 0 Å². The molecule has 0 saturated heterocycles. The lowest BCUT2D eigenvalue weighted by atomic mass is 9.83. The van der Waals surface area contributed by atoms with E-state index in [0.29, 0.717) is 17.5 Å². The second-order valence-electron chi connectivity index (χ2n) is 15.9. The molecule has 12 rings (SSSR count). The molecule has 1 heterocycles. The van der Waals surface area contributed by atoms with E-state index in [1.807, 2.05) is 12.1 Å². The highest BCUT2D eigenvalue weighted by Gasteiger charge is 2.23. The second kappa shape index (κ2) is 14.8. The van der Waals surface area contributed by atoms with Crippen molar-refractivity contribution in [3.8, 4) is 67.5 Å². The van der Waals surface area contributed by atoms with Crippen LogP contribution in [0.1, 0.15) is 0 Å². The van der Waals surface area contributed by atoms with Gasteiger partial charge in [0.1, 0.15) is 0 Å². The molecule has 12 aromatic rings. The first-order valence-corrected chi connectivity index (χ1v) is 21.1. The summed E-state index contributed by atoms with van der Waals surface area (Å²) in [7, 11) is 0. The number of nitrogens with zero attached hydrogens (tertiary/aromatic N) is 3. The van der Waals surface area contributed by atoms with Crippen molar-refractivity contribution in [1.82, 2.24) is 15.0 Å². The highest BCUT2D eigenvalue weighted by molar-refractivity contribution is 6.29. The Kier molecular flexibility index (Phi) is 8.50. The molecule has 3 nitrogen and oxygen atoms in total. The van der Waals surface area contributed by atoms with Crippen molar-refractivity contribution >= 4 is 53.9 Å². The minimum absolute atomic E-state index is 0.622. The summed E-state index contributed by atoms with van der Waals surface area (Å²) in [6.45, 7) is 0. The summed E-state index contributed by atoms with van der Waals surface area (Å²) in [5, 5.41) is 11.9. The van der Waals surface area contributed by atoms with Crippen LogP contribution in [0.4, 0.5) is 0 Å². The van der Waals surface area contributed by atoms with Gasteiger partial charge in [-0.15, -0.1) is 0 Å². The maximum atomic E-state index is 5.47. The van der Waals surface area contributed by atoms with Crippen LogP contribution in [-0.2, 0) is 0 Å². The van der Waals surface area contributed by atoms with Crippen LogP contribution in [0.15, 0.2) is 224 Å². The number of fused-ring (bicyclic) bond motifs is 6. The Balaban J connectivity index is 1.16. The van der Waals surface area contributed by atoms with E-state index >= 15 is 0 Å². The van der Waals surface area contributed by atoms with Crippen LogP contribution in [0.2, 0.25) is 0 Å². The molecule has 0 aliphatic carbocycles. The van der Waals surface area contributed by atoms with Crippen LogP contribution < -0.4 is 0 Å². The predicted octanol–water partition coefficient (Wildman–Crippen LogP) is 15.6. The standard InChI is InChI=1S/C59H37N3/c1-3-17-38(18-4-1)39-31-33-42(34-32-39)57-60-58(52-30-16-11-23-44(52)40-19-5-2-6-20-40)62-59(61-57)56-49-28-14-12-26-47(49)55(48-27-13-15-29-50(48)56)54-46-25-10-8-22-43(46)37-53-45-24-9-7-21-41(45)35-36-51(53)54/h1-37H. The van der Waals surface area contributed by atoms with Gasteiger partial charge in [0, 0.05) is 16.7 Å². The zero-order chi connectivity index (χ0) is 41.0. The molecule has 0 aliphatic rings. The molecule has 0 amide bonds. The predicted molar refractivity (Wildman–Crippen MR) is 260 cm³/mol. The van der Waals surface area contributed by atoms with Gasteiger partial charge < -0.3 is 0 Å². The van der Waals surface area contributed by atoms with Gasteiger partial charge >= 0.3 is 0 Å². The van der Waals surface area contributed by atoms with Crippen LogP contribution in [0, 0.1) is 0 Å². The van der Waals surface area contributed by atoms with E-state index in [-0.39, 0.29) is 0 Å². The molecule has 288 valence electrons. The molecular weight excluding hydrogens is 751 g/mol. The van der Waals surface area contributed by atoms with Gasteiger partial charge in [-0.05, 0) is 93.3 Å². The number of aromatic nitrogens is 3. The Morgan fingerprint density at radius 2 is 0.645 bits per heavy atom. The Labute approximate surface area is 359 Å².